The summed E-state index contributed by atoms with van der Waals surface area (Å²) in [5, 5.41) is 4.14. The van der Waals surface area contributed by atoms with Crippen molar-refractivity contribution in [3.05, 3.63) is 34.3 Å². The van der Waals surface area contributed by atoms with E-state index in [0.29, 0.717) is 16.6 Å². The first-order valence-electron chi connectivity index (χ1n) is 7.36. The molecule has 0 spiro atoms. The highest BCUT2D eigenvalue weighted by atomic mass is 35.5. The maximum Gasteiger partial charge on any atom is 0.254 e. The number of halogens is 1. The highest BCUT2D eigenvalue weighted by Gasteiger charge is 2.30. The summed E-state index contributed by atoms with van der Waals surface area (Å²) < 4.78 is 0. The molecule has 1 amide bonds. The summed E-state index contributed by atoms with van der Waals surface area (Å²) in [5.41, 5.74) is 1.72. The molecule has 1 aromatic carbocycles. The van der Waals surface area contributed by atoms with Crippen molar-refractivity contribution in [2.75, 3.05) is 13.1 Å². The molecule has 3 nitrogen and oxygen atoms in total. The van der Waals surface area contributed by atoms with E-state index in [1.54, 1.807) is 6.07 Å². The minimum Gasteiger partial charge on any atom is -0.333 e. The van der Waals surface area contributed by atoms with E-state index in [1.165, 1.54) is 0 Å². The van der Waals surface area contributed by atoms with Crippen LogP contribution in [-0.2, 0) is 0 Å². The summed E-state index contributed by atoms with van der Waals surface area (Å²) in [5.74, 6) is 0.0994. The van der Waals surface area contributed by atoms with Crippen LogP contribution in [0.4, 0.5) is 0 Å². The predicted octanol–water partition coefficient (Wildman–Crippen LogP) is 3.25. The van der Waals surface area contributed by atoms with E-state index in [0.717, 1.165) is 31.5 Å². The topological polar surface area (TPSA) is 32.3 Å². The third kappa shape index (κ3) is 3.33. The lowest BCUT2D eigenvalue weighted by Gasteiger charge is -2.40. The van der Waals surface area contributed by atoms with Gasteiger partial charge in [0, 0.05) is 35.8 Å². The molecule has 1 heterocycles. The molecule has 2 rings (SSSR count). The lowest BCUT2D eigenvalue weighted by atomic mass is 10.0. The van der Waals surface area contributed by atoms with E-state index in [4.69, 9.17) is 11.6 Å². The normalized spacial score (nSPS) is 22.9. The Balaban J connectivity index is 2.24. The minimum atomic E-state index is 0.0994. The van der Waals surface area contributed by atoms with Gasteiger partial charge in [0.1, 0.15) is 0 Å². The van der Waals surface area contributed by atoms with Crippen LogP contribution in [-0.4, -0.2) is 36.0 Å². The Hall–Kier alpha value is -1.06. The SMILES string of the molecule is CCC1CN(C(=O)c2cc(C)cc(Cl)c2)C(CC)CN1. The number of nitrogens with one attached hydrogen (secondary N) is 1. The number of rotatable bonds is 3. The van der Waals surface area contributed by atoms with Gasteiger partial charge in [-0.1, -0.05) is 25.4 Å². The fraction of sp³-hybridized carbons (Fsp3) is 0.562. The van der Waals surface area contributed by atoms with E-state index in [1.807, 2.05) is 24.0 Å². The van der Waals surface area contributed by atoms with Gasteiger partial charge >= 0.3 is 0 Å². The first kappa shape index (κ1) is 15.3. The molecule has 0 aromatic heterocycles. The zero-order valence-electron chi connectivity index (χ0n) is 12.4. The molecule has 4 heteroatoms. The van der Waals surface area contributed by atoms with Crippen molar-refractivity contribution in [2.45, 2.75) is 45.7 Å². The number of aryl methyl sites for hydroxylation is 1. The summed E-state index contributed by atoms with van der Waals surface area (Å²) in [6.45, 7) is 7.89. The van der Waals surface area contributed by atoms with E-state index < -0.39 is 0 Å². The molecule has 0 aliphatic carbocycles. The van der Waals surface area contributed by atoms with Gasteiger partial charge in [0.25, 0.3) is 5.91 Å². The zero-order chi connectivity index (χ0) is 14.7. The van der Waals surface area contributed by atoms with Crippen molar-refractivity contribution in [1.29, 1.82) is 0 Å². The molecular weight excluding hydrogens is 272 g/mol. The Morgan fingerprint density at radius 2 is 2.10 bits per heavy atom. The Bertz CT molecular complexity index is 469. The van der Waals surface area contributed by atoms with Crippen LogP contribution in [0.1, 0.15) is 42.6 Å². The Labute approximate surface area is 126 Å². The number of piperazine rings is 1. The van der Waals surface area contributed by atoms with E-state index in [2.05, 4.69) is 19.2 Å². The quantitative estimate of drug-likeness (QED) is 0.928. The molecule has 1 aliphatic rings. The summed E-state index contributed by atoms with van der Waals surface area (Å²) in [4.78, 5) is 14.8. The molecule has 1 N–H and O–H groups in total. The molecule has 20 heavy (non-hydrogen) atoms. The molecule has 0 bridgehead atoms. The average molecular weight is 295 g/mol. The molecule has 1 aliphatic heterocycles. The monoisotopic (exact) mass is 294 g/mol. The van der Waals surface area contributed by atoms with Crippen LogP contribution in [0.5, 0.6) is 0 Å². The van der Waals surface area contributed by atoms with Crippen molar-refractivity contribution < 1.29 is 4.79 Å². The smallest absolute Gasteiger partial charge is 0.254 e. The van der Waals surface area contributed by atoms with Gasteiger partial charge in [-0.15, -0.1) is 0 Å². The number of benzene rings is 1. The molecule has 110 valence electrons. The second kappa shape index (κ2) is 6.59. The first-order chi connectivity index (χ1) is 9.55. The highest BCUT2D eigenvalue weighted by molar-refractivity contribution is 6.31. The van der Waals surface area contributed by atoms with Crippen LogP contribution < -0.4 is 5.32 Å². The third-order valence-electron chi connectivity index (χ3n) is 4.01. The fourth-order valence-electron chi connectivity index (χ4n) is 2.78. The molecule has 2 unspecified atom stereocenters. The highest BCUT2D eigenvalue weighted by Crippen LogP contribution is 2.20. The lowest BCUT2D eigenvalue weighted by molar-refractivity contribution is 0.0576. The number of hydrogen-bond donors (Lipinski definition) is 1. The summed E-state index contributed by atoms with van der Waals surface area (Å²) in [6.07, 6.45) is 2.00. The largest absolute Gasteiger partial charge is 0.333 e. The van der Waals surface area contributed by atoms with Crippen LogP contribution in [0.3, 0.4) is 0 Å². The van der Waals surface area contributed by atoms with Gasteiger partial charge in [-0.05, 0) is 43.5 Å². The zero-order valence-corrected chi connectivity index (χ0v) is 13.2. The molecule has 1 fully saturated rings. The Morgan fingerprint density at radius 1 is 1.35 bits per heavy atom. The van der Waals surface area contributed by atoms with Gasteiger partial charge in [-0.25, -0.2) is 0 Å². The lowest BCUT2D eigenvalue weighted by Crippen LogP contribution is -2.57. The number of carbonyl (C=O) groups is 1. The van der Waals surface area contributed by atoms with Gasteiger partial charge in [0.05, 0.1) is 0 Å². The van der Waals surface area contributed by atoms with Crippen molar-refractivity contribution in [2.24, 2.45) is 0 Å². The third-order valence-corrected chi connectivity index (χ3v) is 4.23. The van der Waals surface area contributed by atoms with Crippen molar-refractivity contribution in [1.82, 2.24) is 10.2 Å². The van der Waals surface area contributed by atoms with Gasteiger partial charge in [-0.2, -0.15) is 0 Å². The number of nitrogens with zero attached hydrogens (tertiary/aromatic N) is 1. The van der Waals surface area contributed by atoms with Gasteiger partial charge in [0.15, 0.2) is 0 Å². The summed E-state index contributed by atoms with van der Waals surface area (Å²) in [7, 11) is 0. The predicted molar refractivity (Wildman–Crippen MR) is 83.4 cm³/mol. The number of carbonyl (C=O) groups excluding carboxylic acids is 1. The maximum atomic E-state index is 12.8. The van der Waals surface area contributed by atoms with Crippen LogP contribution in [0.15, 0.2) is 18.2 Å². The molecule has 1 saturated heterocycles. The molecule has 1 aromatic rings. The Morgan fingerprint density at radius 3 is 2.70 bits per heavy atom. The molecular formula is C16H23ClN2O. The van der Waals surface area contributed by atoms with E-state index in [-0.39, 0.29) is 11.9 Å². The average Bonchev–Trinajstić information content (AvgIpc) is 2.44. The minimum absolute atomic E-state index is 0.0994. The fourth-order valence-corrected chi connectivity index (χ4v) is 3.07. The van der Waals surface area contributed by atoms with Crippen LogP contribution in [0, 0.1) is 6.92 Å². The van der Waals surface area contributed by atoms with E-state index >= 15 is 0 Å². The summed E-state index contributed by atoms with van der Waals surface area (Å²) >= 11 is 6.08. The van der Waals surface area contributed by atoms with Crippen molar-refractivity contribution in [3.63, 3.8) is 0 Å². The Kier molecular flexibility index (Phi) is 5.06. The van der Waals surface area contributed by atoms with Crippen molar-refractivity contribution >= 4 is 17.5 Å². The molecule has 0 saturated carbocycles. The van der Waals surface area contributed by atoms with Gasteiger partial charge < -0.3 is 10.2 Å². The summed E-state index contributed by atoms with van der Waals surface area (Å²) in [6, 6.07) is 6.23. The standard InChI is InChI=1S/C16H23ClN2O/c1-4-14-10-19(15(5-2)9-18-14)16(20)12-6-11(3)7-13(17)8-12/h6-8,14-15,18H,4-5,9-10H2,1-3H3. The van der Waals surface area contributed by atoms with Crippen LogP contribution >= 0.6 is 11.6 Å². The van der Waals surface area contributed by atoms with Gasteiger partial charge in [0.2, 0.25) is 0 Å². The second-order valence-electron chi connectivity index (χ2n) is 5.55. The first-order valence-corrected chi connectivity index (χ1v) is 7.74. The number of amides is 1. The van der Waals surface area contributed by atoms with Crippen molar-refractivity contribution in [3.8, 4) is 0 Å². The van der Waals surface area contributed by atoms with Crippen LogP contribution in [0.2, 0.25) is 5.02 Å². The number of hydrogen-bond acceptors (Lipinski definition) is 2. The second-order valence-corrected chi connectivity index (χ2v) is 5.99. The maximum absolute atomic E-state index is 12.8. The molecule has 2 atom stereocenters. The molecule has 0 radical (unpaired) electrons. The van der Waals surface area contributed by atoms with E-state index in [9.17, 15) is 4.79 Å². The van der Waals surface area contributed by atoms with Gasteiger partial charge in [-0.3, -0.25) is 4.79 Å². The van der Waals surface area contributed by atoms with Crippen LogP contribution in [0.25, 0.3) is 0 Å².